The summed E-state index contributed by atoms with van der Waals surface area (Å²) in [6.07, 6.45) is 4.81. The predicted molar refractivity (Wildman–Crippen MR) is 99.5 cm³/mol. The lowest BCUT2D eigenvalue weighted by atomic mass is 10.0. The largest absolute Gasteiger partial charge is 0.481 e. The van der Waals surface area contributed by atoms with Gasteiger partial charge in [-0.05, 0) is 38.5 Å². The molecule has 0 aliphatic rings. The Morgan fingerprint density at radius 3 is 2.20 bits per heavy atom. The molecule has 0 aliphatic carbocycles. The molecule has 1 aromatic rings. The number of carbonyl (C=O) groups is 2. The fraction of sp³-hybridized carbons (Fsp3) is 0.500. The van der Waals surface area contributed by atoms with E-state index in [9.17, 15) is 9.59 Å². The summed E-state index contributed by atoms with van der Waals surface area (Å²) in [6.45, 7) is 11.2. The van der Waals surface area contributed by atoms with E-state index in [1.165, 1.54) is 0 Å². The molecule has 0 bridgehead atoms. The summed E-state index contributed by atoms with van der Waals surface area (Å²) in [4.78, 5) is 24.1. The highest BCUT2D eigenvalue weighted by molar-refractivity contribution is 5.88. The third-order valence-corrected chi connectivity index (χ3v) is 2.87. The molecule has 0 aliphatic heterocycles. The number of terminal acetylenes is 1. The van der Waals surface area contributed by atoms with Gasteiger partial charge in [-0.15, -0.1) is 6.42 Å². The van der Waals surface area contributed by atoms with E-state index >= 15 is 0 Å². The van der Waals surface area contributed by atoms with Gasteiger partial charge in [0.2, 0.25) is 0 Å². The Morgan fingerprint density at radius 1 is 1.20 bits per heavy atom. The van der Waals surface area contributed by atoms with Crippen LogP contribution in [-0.4, -0.2) is 24.1 Å². The molecule has 5 heteroatoms. The second kappa shape index (κ2) is 11.1. The number of Topliss-reactive ketones (excluding diaryl/α,β-unsaturated/α-hetero) is 1. The van der Waals surface area contributed by atoms with Crippen LogP contribution in [0.25, 0.3) is 0 Å². The van der Waals surface area contributed by atoms with Crippen molar-refractivity contribution in [1.29, 1.82) is 0 Å². The number of rotatable bonds is 6. The van der Waals surface area contributed by atoms with Crippen LogP contribution in [0.1, 0.15) is 59.6 Å². The Morgan fingerprint density at radius 2 is 1.76 bits per heavy atom. The Labute approximate surface area is 151 Å². The smallest absolute Gasteiger partial charge is 0.408 e. The number of ketones is 1. The van der Waals surface area contributed by atoms with Gasteiger partial charge in [-0.1, -0.05) is 38.8 Å². The van der Waals surface area contributed by atoms with Crippen LogP contribution in [-0.2, 0) is 9.53 Å². The van der Waals surface area contributed by atoms with Gasteiger partial charge in [0, 0.05) is 6.42 Å². The van der Waals surface area contributed by atoms with Crippen LogP contribution < -0.4 is 10.1 Å². The van der Waals surface area contributed by atoms with Crippen molar-refractivity contribution < 1.29 is 19.1 Å². The normalized spacial score (nSPS) is 11.2. The molecule has 1 atom stereocenters. The molecule has 138 valence electrons. The molecule has 1 amide bonds. The number of alkyl carbamates (subject to hydrolysis) is 1. The molecule has 0 heterocycles. The van der Waals surface area contributed by atoms with Gasteiger partial charge in [-0.25, -0.2) is 4.79 Å². The second-order valence-corrected chi connectivity index (χ2v) is 5.96. The van der Waals surface area contributed by atoms with Crippen molar-refractivity contribution >= 4 is 11.9 Å². The lowest BCUT2D eigenvalue weighted by Gasteiger charge is -2.23. The van der Waals surface area contributed by atoms with Crippen LogP contribution in [0.2, 0.25) is 0 Å². The summed E-state index contributed by atoms with van der Waals surface area (Å²) in [5.41, 5.74) is 0.0346. The van der Waals surface area contributed by atoms with Crippen molar-refractivity contribution in [3.63, 3.8) is 0 Å². The fourth-order valence-corrected chi connectivity index (χ4v) is 1.86. The first-order valence-corrected chi connectivity index (χ1v) is 8.45. The lowest BCUT2D eigenvalue weighted by Crippen LogP contribution is -2.38. The van der Waals surface area contributed by atoms with Crippen LogP contribution in [0.5, 0.6) is 5.75 Å². The molecule has 1 N–H and O–H groups in total. The number of ether oxygens (including phenoxy) is 2. The Bertz CT molecular complexity index is 579. The number of carbonyl (C=O) groups excluding carboxylic acids is 2. The van der Waals surface area contributed by atoms with Crippen molar-refractivity contribution in [2.45, 2.75) is 59.6 Å². The standard InChI is InChI=1S/C18H23NO4.C2H6/c1-6-12-22-14-10-8-13(9-11-14)16(15(20)7-2)19-17(21)23-18(3,4)5;1-2/h1,8-11,16H,7,12H2,2-5H3,(H,19,21);1-2H3. The Balaban J connectivity index is 0.00000277. The van der Waals surface area contributed by atoms with Crippen LogP contribution in [0.15, 0.2) is 24.3 Å². The average Bonchev–Trinajstić information content (AvgIpc) is 2.58. The molecule has 1 aromatic carbocycles. The first kappa shape index (κ1) is 22.5. The van der Waals surface area contributed by atoms with Gasteiger partial charge in [0.1, 0.15) is 24.0 Å². The number of nitrogens with one attached hydrogen (secondary N) is 1. The van der Waals surface area contributed by atoms with E-state index in [0.717, 1.165) is 0 Å². The maximum Gasteiger partial charge on any atom is 0.408 e. The highest BCUT2D eigenvalue weighted by Crippen LogP contribution is 2.20. The molecule has 0 fully saturated rings. The number of amides is 1. The molecule has 0 saturated carbocycles. The van der Waals surface area contributed by atoms with Crippen molar-refractivity contribution in [2.24, 2.45) is 0 Å². The summed E-state index contributed by atoms with van der Waals surface area (Å²) < 4.78 is 10.5. The van der Waals surface area contributed by atoms with E-state index in [4.69, 9.17) is 15.9 Å². The molecule has 5 nitrogen and oxygen atoms in total. The zero-order valence-electron chi connectivity index (χ0n) is 16.0. The first-order valence-electron chi connectivity index (χ1n) is 8.45. The van der Waals surface area contributed by atoms with Crippen LogP contribution in [0, 0.1) is 12.3 Å². The molecule has 0 aromatic heterocycles. The quantitative estimate of drug-likeness (QED) is 0.781. The van der Waals surface area contributed by atoms with E-state index in [1.807, 2.05) is 13.8 Å². The minimum atomic E-state index is -0.753. The maximum atomic E-state index is 12.1. The molecular formula is C20H29NO4. The van der Waals surface area contributed by atoms with Gasteiger partial charge in [-0.2, -0.15) is 0 Å². The topological polar surface area (TPSA) is 64.6 Å². The molecular weight excluding hydrogens is 318 g/mol. The SMILES string of the molecule is C#CCOc1ccc(C(NC(=O)OC(C)(C)C)C(=O)CC)cc1.CC. The van der Waals surface area contributed by atoms with E-state index in [2.05, 4.69) is 11.2 Å². The minimum Gasteiger partial charge on any atom is -0.481 e. The summed E-state index contributed by atoms with van der Waals surface area (Å²) in [5, 5.41) is 2.62. The van der Waals surface area contributed by atoms with E-state index in [1.54, 1.807) is 52.0 Å². The predicted octanol–water partition coefficient (Wildman–Crippen LogP) is 4.27. The monoisotopic (exact) mass is 347 g/mol. The Hall–Kier alpha value is -2.48. The minimum absolute atomic E-state index is 0.104. The van der Waals surface area contributed by atoms with E-state index in [0.29, 0.717) is 17.7 Å². The van der Waals surface area contributed by atoms with Crippen molar-refractivity contribution in [2.75, 3.05) is 6.61 Å². The van der Waals surface area contributed by atoms with Gasteiger partial charge in [-0.3, -0.25) is 4.79 Å². The molecule has 1 rings (SSSR count). The van der Waals surface area contributed by atoms with Gasteiger partial charge >= 0.3 is 6.09 Å². The number of hydrogen-bond acceptors (Lipinski definition) is 4. The van der Waals surface area contributed by atoms with Crippen LogP contribution in [0.3, 0.4) is 0 Å². The van der Waals surface area contributed by atoms with Gasteiger partial charge in [0.15, 0.2) is 5.78 Å². The van der Waals surface area contributed by atoms with Gasteiger partial charge in [0.25, 0.3) is 0 Å². The highest BCUT2D eigenvalue weighted by atomic mass is 16.6. The third kappa shape index (κ3) is 8.80. The third-order valence-electron chi connectivity index (χ3n) is 2.87. The highest BCUT2D eigenvalue weighted by Gasteiger charge is 2.24. The zero-order valence-corrected chi connectivity index (χ0v) is 16.0. The van der Waals surface area contributed by atoms with Crippen LogP contribution >= 0.6 is 0 Å². The lowest BCUT2D eigenvalue weighted by molar-refractivity contribution is -0.121. The summed E-state index contributed by atoms with van der Waals surface area (Å²) in [6, 6.07) is 6.11. The summed E-state index contributed by atoms with van der Waals surface area (Å²) in [5.74, 6) is 2.88. The summed E-state index contributed by atoms with van der Waals surface area (Å²) >= 11 is 0. The molecule has 1 unspecified atom stereocenters. The van der Waals surface area contributed by atoms with Gasteiger partial charge < -0.3 is 14.8 Å². The number of hydrogen-bond donors (Lipinski definition) is 1. The second-order valence-electron chi connectivity index (χ2n) is 5.96. The maximum absolute atomic E-state index is 12.1. The molecule has 25 heavy (non-hydrogen) atoms. The fourth-order valence-electron chi connectivity index (χ4n) is 1.86. The average molecular weight is 347 g/mol. The molecule has 0 saturated heterocycles. The van der Waals surface area contributed by atoms with Crippen LogP contribution in [0.4, 0.5) is 4.79 Å². The van der Waals surface area contributed by atoms with Crippen molar-refractivity contribution in [3.05, 3.63) is 29.8 Å². The summed E-state index contributed by atoms with van der Waals surface area (Å²) in [7, 11) is 0. The van der Waals surface area contributed by atoms with E-state index < -0.39 is 17.7 Å². The van der Waals surface area contributed by atoms with E-state index in [-0.39, 0.29) is 12.4 Å². The first-order chi connectivity index (χ1) is 11.8. The zero-order chi connectivity index (χ0) is 19.5. The van der Waals surface area contributed by atoms with Gasteiger partial charge in [0.05, 0.1) is 0 Å². The van der Waals surface area contributed by atoms with Crippen molar-refractivity contribution in [3.8, 4) is 18.1 Å². The Kier molecular flexibility index (Phi) is 10.0. The van der Waals surface area contributed by atoms with Crippen molar-refractivity contribution in [1.82, 2.24) is 5.32 Å². The molecule has 0 spiro atoms. The molecule has 0 radical (unpaired) electrons. The number of benzene rings is 1.